The first-order valence-electron chi connectivity index (χ1n) is 7.12. The third kappa shape index (κ3) is 4.48. The van der Waals surface area contributed by atoms with Crippen molar-refractivity contribution in [1.29, 1.82) is 0 Å². The van der Waals surface area contributed by atoms with Crippen molar-refractivity contribution in [3.05, 3.63) is 23.9 Å². The number of ether oxygens (including phenoxy) is 1. The monoisotopic (exact) mass is 263 g/mol. The van der Waals surface area contributed by atoms with E-state index in [1.54, 1.807) is 7.11 Å². The Morgan fingerprint density at radius 2 is 2.37 bits per heavy atom. The highest BCUT2D eigenvalue weighted by Crippen LogP contribution is 2.14. The maximum Gasteiger partial charge on any atom is 0.213 e. The molecule has 0 radical (unpaired) electrons. The van der Waals surface area contributed by atoms with Gasteiger partial charge in [-0.2, -0.15) is 0 Å². The fraction of sp³-hybridized carbons (Fsp3) is 0.667. The molecule has 1 atom stereocenters. The summed E-state index contributed by atoms with van der Waals surface area (Å²) in [5.41, 5.74) is 1.28. The molecule has 4 heteroatoms. The molecule has 1 aromatic rings. The molecule has 0 bridgehead atoms. The summed E-state index contributed by atoms with van der Waals surface area (Å²) in [7, 11) is 1.66. The van der Waals surface area contributed by atoms with Crippen molar-refractivity contribution in [2.75, 3.05) is 26.7 Å². The van der Waals surface area contributed by atoms with E-state index in [0.717, 1.165) is 32.1 Å². The first kappa shape index (κ1) is 14.3. The van der Waals surface area contributed by atoms with Gasteiger partial charge < -0.3 is 10.1 Å². The van der Waals surface area contributed by atoms with Crippen LogP contribution in [0.5, 0.6) is 5.88 Å². The number of hydrogen-bond acceptors (Lipinski definition) is 4. The summed E-state index contributed by atoms with van der Waals surface area (Å²) < 4.78 is 5.18. The highest BCUT2D eigenvalue weighted by atomic mass is 16.5. The molecule has 0 amide bonds. The highest BCUT2D eigenvalue weighted by molar-refractivity contribution is 5.20. The van der Waals surface area contributed by atoms with Crippen molar-refractivity contribution < 1.29 is 4.74 Å². The lowest BCUT2D eigenvalue weighted by Gasteiger charge is -2.34. The Kier molecular flexibility index (Phi) is 5.16. The van der Waals surface area contributed by atoms with Gasteiger partial charge in [0.05, 0.1) is 7.11 Å². The molecular formula is C15H25N3O. The van der Waals surface area contributed by atoms with E-state index in [0.29, 0.717) is 11.9 Å². The van der Waals surface area contributed by atoms with E-state index in [-0.39, 0.29) is 0 Å². The van der Waals surface area contributed by atoms with Gasteiger partial charge in [0, 0.05) is 44.5 Å². The van der Waals surface area contributed by atoms with Gasteiger partial charge in [-0.1, -0.05) is 13.8 Å². The summed E-state index contributed by atoms with van der Waals surface area (Å²) in [6.07, 6.45) is 3.07. The van der Waals surface area contributed by atoms with E-state index >= 15 is 0 Å². The van der Waals surface area contributed by atoms with Crippen LogP contribution in [0.2, 0.25) is 0 Å². The minimum atomic E-state index is 0.623. The SMILES string of the molecule is COc1cc(CN2CCNC(CC(C)C)C2)ccn1. The second kappa shape index (κ2) is 6.87. The molecule has 2 heterocycles. The Morgan fingerprint density at radius 3 is 3.11 bits per heavy atom. The molecule has 2 rings (SSSR count). The second-order valence-corrected chi connectivity index (χ2v) is 5.72. The molecule has 0 spiro atoms. The van der Waals surface area contributed by atoms with E-state index in [9.17, 15) is 0 Å². The molecule has 1 unspecified atom stereocenters. The number of pyridine rings is 1. The van der Waals surface area contributed by atoms with E-state index in [1.165, 1.54) is 12.0 Å². The topological polar surface area (TPSA) is 37.4 Å². The van der Waals surface area contributed by atoms with Crippen LogP contribution in [0.3, 0.4) is 0 Å². The van der Waals surface area contributed by atoms with Crippen LogP contribution in [0.15, 0.2) is 18.3 Å². The normalized spacial score (nSPS) is 20.7. The van der Waals surface area contributed by atoms with Gasteiger partial charge in [-0.25, -0.2) is 4.98 Å². The van der Waals surface area contributed by atoms with Crippen LogP contribution in [-0.2, 0) is 6.54 Å². The highest BCUT2D eigenvalue weighted by Gasteiger charge is 2.20. The predicted octanol–water partition coefficient (Wildman–Crippen LogP) is 1.91. The van der Waals surface area contributed by atoms with Gasteiger partial charge in [0.2, 0.25) is 5.88 Å². The van der Waals surface area contributed by atoms with Crippen molar-refractivity contribution in [3.8, 4) is 5.88 Å². The first-order chi connectivity index (χ1) is 9.17. The Labute approximate surface area is 116 Å². The van der Waals surface area contributed by atoms with Crippen LogP contribution >= 0.6 is 0 Å². The summed E-state index contributed by atoms with van der Waals surface area (Å²) in [4.78, 5) is 6.66. The quantitative estimate of drug-likeness (QED) is 0.880. The van der Waals surface area contributed by atoms with Gasteiger partial charge in [0.25, 0.3) is 0 Å². The largest absolute Gasteiger partial charge is 0.481 e. The molecule has 0 aromatic carbocycles. The average molecular weight is 263 g/mol. The summed E-state index contributed by atoms with van der Waals surface area (Å²) >= 11 is 0. The molecule has 1 aromatic heterocycles. The molecule has 1 N–H and O–H groups in total. The van der Waals surface area contributed by atoms with Crippen molar-refractivity contribution in [3.63, 3.8) is 0 Å². The Hall–Kier alpha value is -1.13. The molecule has 0 saturated carbocycles. The van der Waals surface area contributed by atoms with E-state index in [4.69, 9.17) is 4.74 Å². The maximum absolute atomic E-state index is 5.18. The molecule has 1 aliphatic heterocycles. The number of piperazine rings is 1. The Balaban J connectivity index is 1.90. The van der Waals surface area contributed by atoms with Gasteiger partial charge in [-0.15, -0.1) is 0 Å². The molecule has 1 aliphatic rings. The van der Waals surface area contributed by atoms with Crippen LogP contribution in [0.25, 0.3) is 0 Å². The molecule has 19 heavy (non-hydrogen) atoms. The summed E-state index contributed by atoms with van der Waals surface area (Å²) in [5, 5.41) is 3.61. The van der Waals surface area contributed by atoms with E-state index < -0.39 is 0 Å². The first-order valence-corrected chi connectivity index (χ1v) is 7.12. The minimum Gasteiger partial charge on any atom is -0.481 e. The lowest BCUT2D eigenvalue weighted by atomic mass is 10.0. The van der Waals surface area contributed by atoms with Crippen LogP contribution in [0, 0.1) is 5.92 Å². The zero-order valence-corrected chi connectivity index (χ0v) is 12.2. The molecule has 1 fully saturated rings. The number of hydrogen-bond donors (Lipinski definition) is 1. The third-order valence-corrected chi connectivity index (χ3v) is 3.51. The van der Waals surface area contributed by atoms with Crippen LogP contribution < -0.4 is 10.1 Å². The number of nitrogens with one attached hydrogen (secondary N) is 1. The van der Waals surface area contributed by atoms with Crippen molar-refractivity contribution in [1.82, 2.24) is 15.2 Å². The van der Waals surface area contributed by atoms with Gasteiger partial charge in [0.1, 0.15) is 0 Å². The van der Waals surface area contributed by atoms with Crippen molar-refractivity contribution in [2.45, 2.75) is 32.9 Å². The Morgan fingerprint density at radius 1 is 1.53 bits per heavy atom. The number of methoxy groups -OCH3 is 1. The van der Waals surface area contributed by atoms with Gasteiger partial charge >= 0.3 is 0 Å². The van der Waals surface area contributed by atoms with Crippen LogP contribution in [0.4, 0.5) is 0 Å². The third-order valence-electron chi connectivity index (χ3n) is 3.51. The zero-order chi connectivity index (χ0) is 13.7. The standard InChI is InChI=1S/C15H25N3O/c1-12(2)8-14-11-18(7-6-16-14)10-13-4-5-17-15(9-13)19-3/h4-5,9,12,14,16H,6-8,10-11H2,1-3H3. The summed E-state index contributed by atoms with van der Waals surface area (Å²) in [6.45, 7) is 8.87. The predicted molar refractivity (Wildman–Crippen MR) is 77.3 cm³/mol. The van der Waals surface area contributed by atoms with Crippen molar-refractivity contribution >= 4 is 0 Å². The van der Waals surface area contributed by atoms with E-state index in [2.05, 4.69) is 35.1 Å². The fourth-order valence-electron chi connectivity index (χ4n) is 2.68. The molecule has 1 saturated heterocycles. The molecule has 4 nitrogen and oxygen atoms in total. The molecule has 106 valence electrons. The van der Waals surface area contributed by atoms with Gasteiger partial charge in [-0.05, 0) is 24.0 Å². The lowest BCUT2D eigenvalue weighted by Crippen LogP contribution is -2.50. The zero-order valence-electron chi connectivity index (χ0n) is 12.2. The molecular weight excluding hydrogens is 238 g/mol. The van der Waals surface area contributed by atoms with Gasteiger partial charge in [-0.3, -0.25) is 4.90 Å². The minimum absolute atomic E-state index is 0.623. The second-order valence-electron chi connectivity index (χ2n) is 5.72. The lowest BCUT2D eigenvalue weighted by molar-refractivity contribution is 0.179. The molecule has 0 aliphatic carbocycles. The van der Waals surface area contributed by atoms with Crippen LogP contribution in [0.1, 0.15) is 25.8 Å². The maximum atomic E-state index is 5.18. The number of aromatic nitrogens is 1. The van der Waals surface area contributed by atoms with Crippen molar-refractivity contribution in [2.24, 2.45) is 5.92 Å². The smallest absolute Gasteiger partial charge is 0.213 e. The van der Waals surface area contributed by atoms with E-state index in [1.807, 2.05) is 12.3 Å². The van der Waals surface area contributed by atoms with Crippen LogP contribution in [-0.4, -0.2) is 42.7 Å². The Bertz CT molecular complexity index is 395. The summed E-state index contributed by atoms with van der Waals surface area (Å²) in [5.74, 6) is 1.45. The number of nitrogens with zero attached hydrogens (tertiary/aromatic N) is 2. The number of rotatable bonds is 5. The fourth-order valence-corrected chi connectivity index (χ4v) is 2.68. The average Bonchev–Trinajstić information content (AvgIpc) is 2.38. The summed E-state index contributed by atoms with van der Waals surface area (Å²) in [6, 6.07) is 4.72. The van der Waals surface area contributed by atoms with Gasteiger partial charge in [0.15, 0.2) is 0 Å².